The van der Waals surface area contributed by atoms with Crippen LogP contribution in [-0.2, 0) is 4.74 Å². The second kappa shape index (κ2) is 6.68. The van der Waals surface area contributed by atoms with Gasteiger partial charge < -0.3 is 14.8 Å². The van der Waals surface area contributed by atoms with E-state index in [4.69, 9.17) is 16.3 Å². The molecule has 0 fully saturated rings. The number of carbonyl (C=O) groups is 2. The number of carbonyl (C=O) groups excluding carboxylic acids is 2. The summed E-state index contributed by atoms with van der Waals surface area (Å²) >= 11 is 4.92. The molecule has 0 radical (unpaired) electrons. The van der Waals surface area contributed by atoms with Gasteiger partial charge in [0.05, 0.1) is 6.54 Å². The Hall–Kier alpha value is -1.75. The highest BCUT2D eigenvalue weighted by Crippen LogP contribution is 2.07. The lowest BCUT2D eigenvalue weighted by Gasteiger charge is -2.05. The van der Waals surface area contributed by atoms with Crippen molar-refractivity contribution in [2.45, 2.75) is 0 Å². The number of benzene rings is 1. The standard InChI is InChI=1S/C10H10ClNO4/c11-9(13)15-7-6-12-10(14)16-8-4-2-1-3-5-8/h1-5H,6-7H2,(H,12,14). The Morgan fingerprint density at radius 3 is 2.56 bits per heavy atom. The molecule has 0 saturated heterocycles. The van der Waals surface area contributed by atoms with E-state index in [2.05, 4.69) is 10.1 Å². The highest BCUT2D eigenvalue weighted by Gasteiger charge is 2.03. The lowest BCUT2D eigenvalue weighted by Crippen LogP contribution is -2.30. The van der Waals surface area contributed by atoms with E-state index in [0.29, 0.717) is 5.75 Å². The number of hydrogen-bond acceptors (Lipinski definition) is 4. The molecule has 1 rings (SSSR count). The number of rotatable bonds is 4. The summed E-state index contributed by atoms with van der Waals surface area (Å²) in [4.78, 5) is 21.3. The second-order valence-electron chi connectivity index (χ2n) is 2.72. The van der Waals surface area contributed by atoms with E-state index in [1.165, 1.54) is 0 Å². The van der Waals surface area contributed by atoms with Gasteiger partial charge in [0, 0.05) is 11.6 Å². The molecule has 1 aromatic carbocycles. The van der Waals surface area contributed by atoms with Gasteiger partial charge in [-0.1, -0.05) is 18.2 Å². The molecule has 0 unspecified atom stereocenters. The Kier molecular flexibility index (Phi) is 5.15. The Bertz CT molecular complexity index is 355. The van der Waals surface area contributed by atoms with E-state index in [-0.39, 0.29) is 13.2 Å². The predicted molar refractivity (Wildman–Crippen MR) is 57.7 cm³/mol. The third-order valence-corrected chi connectivity index (χ3v) is 1.65. The van der Waals surface area contributed by atoms with Gasteiger partial charge >= 0.3 is 11.5 Å². The van der Waals surface area contributed by atoms with Gasteiger partial charge in [0.25, 0.3) is 0 Å². The summed E-state index contributed by atoms with van der Waals surface area (Å²) in [5, 5.41) is 2.39. The van der Waals surface area contributed by atoms with Crippen molar-refractivity contribution in [3.8, 4) is 5.75 Å². The lowest BCUT2D eigenvalue weighted by atomic mass is 10.3. The van der Waals surface area contributed by atoms with Crippen LogP contribution in [0.4, 0.5) is 9.59 Å². The first kappa shape index (κ1) is 12.3. The van der Waals surface area contributed by atoms with Crippen molar-refractivity contribution in [1.29, 1.82) is 0 Å². The van der Waals surface area contributed by atoms with Crippen LogP contribution in [0.25, 0.3) is 0 Å². The zero-order valence-corrected chi connectivity index (χ0v) is 9.07. The van der Waals surface area contributed by atoms with Crippen LogP contribution < -0.4 is 10.1 Å². The fraction of sp³-hybridized carbons (Fsp3) is 0.200. The summed E-state index contributed by atoms with van der Waals surface area (Å²) in [6, 6.07) is 8.61. The predicted octanol–water partition coefficient (Wildman–Crippen LogP) is 2.15. The molecular weight excluding hydrogens is 234 g/mol. The largest absolute Gasteiger partial charge is 0.452 e. The molecular formula is C10H10ClNO4. The number of ether oxygens (including phenoxy) is 2. The molecule has 0 aliphatic rings. The maximum Gasteiger partial charge on any atom is 0.412 e. The molecule has 0 aliphatic heterocycles. The fourth-order valence-corrected chi connectivity index (χ4v) is 0.993. The van der Waals surface area contributed by atoms with Gasteiger partial charge in [-0.25, -0.2) is 9.59 Å². The van der Waals surface area contributed by atoms with E-state index in [1.54, 1.807) is 24.3 Å². The summed E-state index contributed by atoms with van der Waals surface area (Å²) in [5.74, 6) is 0.439. The highest BCUT2D eigenvalue weighted by atomic mass is 35.5. The summed E-state index contributed by atoms with van der Waals surface area (Å²) in [6.07, 6.45) is -0.614. The first-order chi connectivity index (χ1) is 7.68. The monoisotopic (exact) mass is 243 g/mol. The van der Waals surface area contributed by atoms with Crippen molar-refractivity contribution in [1.82, 2.24) is 5.32 Å². The number of hydrogen-bond donors (Lipinski definition) is 1. The SMILES string of the molecule is O=C(Cl)OCCNC(=O)Oc1ccccc1. The molecule has 0 saturated carbocycles. The highest BCUT2D eigenvalue weighted by molar-refractivity contribution is 6.61. The molecule has 0 spiro atoms. The first-order valence-corrected chi connectivity index (χ1v) is 4.89. The molecule has 1 aromatic rings. The normalized spacial score (nSPS) is 9.31. The van der Waals surface area contributed by atoms with Gasteiger partial charge in [0.1, 0.15) is 12.4 Å². The minimum Gasteiger partial charge on any atom is -0.452 e. The third kappa shape index (κ3) is 5.21. The van der Waals surface area contributed by atoms with Crippen LogP contribution >= 0.6 is 11.6 Å². The summed E-state index contributed by atoms with van der Waals surface area (Å²) in [6.45, 7) is 0.149. The van der Waals surface area contributed by atoms with Crippen molar-refractivity contribution in [3.05, 3.63) is 30.3 Å². The Morgan fingerprint density at radius 2 is 1.94 bits per heavy atom. The molecule has 5 nitrogen and oxygen atoms in total. The molecule has 0 heterocycles. The average molecular weight is 244 g/mol. The van der Waals surface area contributed by atoms with E-state index in [1.807, 2.05) is 6.07 Å². The van der Waals surface area contributed by atoms with E-state index in [0.717, 1.165) is 0 Å². The van der Waals surface area contributed by atoms with E-state index in [9.17, 15) is 9.59 Å². The van der Waals surface area contributed by atoms with Crippen molar-refractivity contribution in [3.63, 3.8) is 0 Å². The third-order valence-electron chi connectivity index (χ3n) is 1.54. The van der Waals surface area contributed by atoms with E-state index >= 15 is 0 Å². The van der Waals surface area contributed by atoms with Gasteiger partial charge in [-0.3, -0.25) is 0 Å². The van der Waals surface area contributed by atoms with Gasteiger partial charge in [-0.15, -0.1) is 0 Å². The number of halogens is 1. The molecule has 6 heteroatoms. The smallest absolute Gasteiger partial charge is 0.412 e. The summed E-state index contributed by atoms with van der Waals surface area (Å²) in [5.41, 5.74) is -0.904. The zero-order chi connectivity index (χ0) is 11.8. The maximum absolute atomic E-state index is 11.2. The maximum atomic E-state index is 11.2. The van der Waals surface area contributed by atoms with Crippen LogP contribution in [0.1, 0.15) is 0 Å². The lowest BCUT2D eigenvalue weighted by molar-refractivity contribution is 0.168. The van der Waals surface area contributed by atoms with Crippen LogP contribution in [-0.4, -0.2) is 24.7 Å². The minimum atomic E-state index is -0.904. The van der Waals surface area contributed by atoms with Gasteiger partial charge in [0.15, 0.2) is 0 Å². The fourth-order valence-electron chi connectivity index (χ4n) is 0.916. The van der Waals surface area contributed by atoms with Crippen molar-refractivity contribution < 1.29 is 19.1 Å². The summed E-state index contributed by atoms with van der Waals surface area (Å²) < 4.78 is 9.30. The van der Waals surface area contributed by atoms with Crippen LogP contribution in [0.2, 0.25) is 0 Å². The van der Waals surface area contributed by atoms with Crippen molar-refractivity contribution in [2.24, 2.45) is 0 Å². The average Bonchev–Trinajstić information content (AvgIpc) is 2.25. The number of nitrogens with one attached hydrogen (secondary N) is 1. The molecule has 1 amide bonds. The van der Waals surface area contributed by atoms with Gasteiger partial charge in [0.2, 0.25) is 0 Å². The molecule has 0 atom stereocenters. The molecule has 0 bridgehead atoms. The quantitative estimate of drug-likeness (QED) is 0.650. The Balaban J connectivity index is 2.19. The van der Waals surface area contributed by atoms with Gasteiger partial charge in [-0.2, -0.15) is 0 Å². The summed E-state index contributed by atoms with van der Waals surface area (Å²) in [7, 11) is 0. The molecule has 1 N–H and O–H groups in total. The number of para-hydroxylation sites is 1. The molecule has 0 aliphatic carbocycles. The van der Waals surface area contributed by atoms with Crippen LogP contribution in [0, 0.1) is 0 Å². The second-order valence-corrected chi connectivity index (χ2v) is 3.02. The van der Waals surface area contributed by atoms with E-state index < -0.39 is 11.5 Å². The van der Waals surface area contributed by atoms with Crippen molar-refractivity contribution >= 4 is 23.1 Å². The topological polar surface area (TPSA) is 64.6 Å². The van der Waals surface area contributed by atoms with Crippen molar-refractivity contribution in [2.75, 3.05) is 13.2 Å². The zero-order valence-electron chi connectivity index (χ0n) is 8.31. The molecule has 16 heavy (non-hydrogen) atoms. The minimum absolute atomic E-state index is 0.00617. The van der Waals surface area contributed by atoms with Crippen LogP contribution in [0.5, 0.6) is 5.75 Å². The molecule has 86 valence electrons. The molecule has 0 aromatic heterocycles. The van der Waals surface area contributed by atoms with Crippen LogP contribution in [0.3, 0.4) is 0 Å². The number of amides is 1. The Morgan fingerprint density at radius 1 is 1.25 bits per heavy atom. The Labute approximate surface area is 97.3 Å². The first-order valence-electron chi connectivity index (χ1n) is 4.51. The van der Waals surface area contributed by atoms with Gasteiger partial charge in [-0.05, 0) is 12.1 Å². The van der Waals surface area contributed by atoms with Crippen LogP contribution in [0.15, 0.2) is 30.3 Å².